The molecule has 0 atom stereocenters. The summed E-state index contributed by atoms with van der Waals surface area (Å²) in [5, 5.41) is 19.3. The van der Waals surface area contributed by atoms with E-state index in [1.165, 1.54) is 30.0 Å². The van der Waals surface area contributed by atoms with Gasteiger partial charge < -0.3 is 5.11 Å². The largest absolute Gasteiger partial charge is 0.478 e. The molecule has 0 saturated carbocycles. The number of benzene rings is 2. The molecule has 2 rings (SSSR count). The van der Waals surface area contributed by atoms with Gasteiger partial charge in [-0.2, -0.15) is 4.39 Å². The fraction of sp³-hybridized carbons (Fsp3) is 0.0714. The zero-order valence-corrected chi connectivity index (χ0v) is 11.5. The SMILES string of the molecule is O=C(O)c1ccc(SCc2ccc([N+](=O)[O-])c(F)c2)cc1. The number of aromatic carboxylic acids is 1. The molecule has 5 nitrogen and oxygen atoms in total. The molecule has 0 aliphatic heterocycles. The van der Waals surface area contributed by atoms with Gasteiger partial charge in [-0.3, -0.25) is 10.1 Å². The number of hydrogen-bond acceptors (Lipinski definition) is 4. The molecular formula is C14H10FNO4S. The van der Waals surface area contributed by atoms with Crippen LogP contribution in [0.3, 0.4) is 0 Å². The average Bonchev–Trinajstić information content (AvgIpc) is 2.45. The molecule has 0 spiro atoms. The maximum Gasteiger partial charge on any atom is 0.335 e. The standard InChI is InChI=1S/C14H10FNO4S/c15-12-7-9(1-6-13(12)16(19)20)8-21-11-4-2-10(3-5-11)14(17)18/h1-7H,8H2,(H,17,18). The van der Waals surface area contributed by atoms with Crippen LogP contribution < -0.4 is 0 Å². The van der Waals surface area contributed by atoms with Crippen molar-refractivity contribution in [3.63, 3.8) is 0 Å². The summed E-state index contributed by atoms with van der Waals surface area (Å²) in [7, 11) is 0. The summed E-state index contributed by atoms with van der Waals surface area (Å²) >= 11 is 1.39. The van der Waals surface area contributed by atoms with Crippen LogP contribution in [-0.4, -0.2) is 16.0 Å². The van der Waals surface area contributed by atoms with E-state index < -0.39 is 22.4 Å². The first-order valence-corrected chi connectivity index (χ1v) is 6.85. The number of carbonyl (C=O) groups is 1. The van der Waals surface area contributed by atoms with Crippen molar-refractivity contribution < 1.29 is 19.2 Å². The Kier molecular flexibility index (Phi) is 4.54. The van der Waals surface area contributed by atoms with Crippen LogP contribution in [0.4, 0.5) is 10.1 Å². The number of nitrogens with zero attached hydrogens (tertiary/aromatic N) is 1. The van der Waals surface area contributed by atoms with Gasteiger partial charge in [-0.25, -0.2) is 4.79 Å². The van der Waals surface area contributed by atoms with E-state index >= 15 is 0 Å². The maximum atomic E-state index is 13.5. The summed E-state index contributed by atoms with van der Waals surface area (Å²) < 4.78 is 13.5. The Morgan fingerprint density at radius 1 is 1.24 bits per heavy atom. The third-order valence-electron chi connectivity index (χ3n) is 2.72. The first-order valence-electron chi connectivity index (χ1n) is 5.86. The Hall–Kier alpha value is -2.41. The molecule has 0 amide bonds. The highest BCUT2D eigenvalue weighted by molar-refractivity contribution is 7.98. The summed E-state index contributed by atoms with van der Waals surface area (Å²) in [6.45, 7) is 0. The molecule has 0 aromatic heterocycles. The van der Waals surface area contributed by atoms with Gasteiger partial charge in [0.05, 0.1) is 10.5 Å². The van der Waals surface area contributed by atoms with E-state index in [4.69, 9.17) is 5.11 Å². The minimum Gasteiger partial charge on any atom is -0.478 e. The predicted molar refractivity (Wildman–Crippen MR) is 76.0 cm³/mol. The second kappa shape index (κ2) is 6.36. The van der Waals surface area contributed by atoms with E-state index in [1.54, 1.807) is 12.1 Å². The lowest BCUT2D eigenvalue weighted by atomic mass is 10.2. The molecule has 0 saturated heterocycles. The summed E-state index contributed by atoms with van der Waals surface area (Å²) in [4.78, 5) is 21.3. The topological polar surface area (TPSA) is 80.4 Å². The van der Waals surface area contributed by atoms with Gasteiger partial charge in [-0.15, -0.1) is 11.8 Å². The average molecular weight is 307 g/mol. The molecule has 0 unspecified atom stereocenters. The molecule has 2 aromatic carbocycles. The number of nitro groups is 1. The molecule has 0 heterocycles. The molecule has 1 N–H and O–H groups in total. The van der Waals surface area contributed by atoms with Crippen molar-refractivity contribution in [1.82, 2.24) is 0 Å². The van der Waals surface area contributed by atoms with Gasteiger partial charge in [0.1, 0.15) is 0 Å². The second-order valence-electron chi connectivity index (χ2n) is 4.16. The van der Waals surface area contributed by atoms with Crippen molar-refractivity contribution in [2.24, 2.45) is 0 Å². The molecule has 21 heavy (non-hydrogen) atoms. The zero-order chi connectivity index (χ0) is 15.4. The number of halogens is 1. The van der Waals surface area contributed by atoms with Gasteiger partial charge in [-0.1, -0.05) is 6.07 Å². The summed E-state index contributed by atoms with van der Waals surface area (Å²) in [6.07, 6.45) is 0. The lowest BCUT2D eigenvalue weighted by Crippen LogP contribution is -1.95. The molecule has 0 aliphatic carbocycles. The van der Waals surface area contributed by atoms with Crippen LogP contribution >= 0.6 is 11.8 Å². The van der Waals surface area contributed by atoms with Crippen LogP contribution in [0.25, 0.3) is 0 Å². The highest BCUT2D eigenvalue weighted by Gasteiger charge is 2.13. The number of thioether (sulfide) groups is 1. The number of carboxylic acid groups (broad SMARTS) is 1. The van der Waals surface area contributed by atoms with Gasteiger partial charge in [0.25, 0.3) is 0 Å². The van der Waals surface area contributed by atoms with Crippen LogP contribution in [0, 0.1) is 15.9 Å². The number of hydrogen-bond donors (Lipinski definition) is 1. The Bertz CT molecular complexity index is 688. The van der Waals surface area contributed by atoms with Crippen LogP contribution in [0.1, 0.15) is 15.9 Å². The zero-order valence-electron chi connectivity index (χ0n) is 10.7. The minimum atomic E-state index is -0.996. The summed E-state index contributed by atoms with van der Waals surface area (Å²) in [5.41, 5.74) is 0.265. The van der Waals surface area contributed by atoms with E-state index in [9.17, 15) is 19.3 Å². The van der Waals surface area contributed by atoms with Gasteiger partial charge in [-0.05, 0) is 35.9 Å². The second-order valence-corrected chi connectivity index (χ2v) is 5.21. The normalized spacial score (nSPS) is 10.3. The molecule has 0 radical (unpaired) electrons. The summed E-state index contributed by atoms with van der Waals surface area (Å²) in [6, 6.07) is 10.1. The van der Waals surface area contributed by atoms with Crippen molar-refractivity contribution in [3.05, 3.63) is 69.5 Å². The summed E-state index contributed by atoms with van der Waals surface area (Å²) in [5.74, 6) is -1.43. The first kappa shape index (κ1) is 15.0. The van der Waals surface area contributed by atoms with Crippen LogP contribution in [0.15, 0.2) is 47.4 Å². The lowest BCUT2D eigenvalue weighted by molar-refractivity contribution is -0.387. The third kappa shape index (κ3) is 3.79. The van der Waals surface area contributed by atoms with Gasteiger partial charge in [0.2, 0.25) is 5.82 Å². The fourth-order valence-corrected chi connectivity index (χ4v) is 2.49. The van der Waals surface area contributed by atoms with Crippen molar-refractivity contribution in [1.29, 1.82) is 0 Å². The predicted octanol–water partition coefficient (Wildman–Crippen LogP) is 3.72. The van der Waals surface area contributed by atoms with Crippen molar-refractivity contribution in [2.75, 3.05) is 0 Å². The van der Waals surface area contributed by atoms with Crippen LogP contribution in [0.2, 0.25) is 0 Å². The number of carboxylic acids is 1. The molecule has 0 bridgehead atoms. The van der Waals surface area contributed by atoms with E-state index in [-0.39, 0.29) is 5.56 Å². The van der Waals surface area contributed by atoms with E-state index in [0.717, 1.165) is 17.0 Å². The lowest BCUT2D eigenvalue weighted by Gasteiger charge is -2.03. The Morgan fingerprint density at radius 3 is 2.43 bits per heavy atom. The molecule has 2 aromatic rings. The number of rotatable bonds is 5. The fourth-order valence-electron chi connectivity index (χ4n) is 1.65. The quantitative estimate of drug-likeness (QED) is 0.517. The Balaban J connectivity index is 2.04. The van der Waals surface area contributed by atoms with Gasteiger partial charge in [0, 0.05) is 16.7 Å². The third-order valence-corrected chi connectivity index (χ3v) is 3.80. The van der Waals surface area contributed by atoms with Crippen LogP contribution in [-0.2, 0) is 5.75 Å². The van der Waals surface area contributed by atoms with E-state index in [0.29, 0.717) is 11.3 Å². The number of nitro benzene ring substituents is 1. The van der Waals surface area contributed by atoms with E-state index in [2.05, 4.69) is 0 Å². The van der Waals surface area contributed by atoms with Crippen molar-refractivity contribution >= 4 is 23.4 Å². The van der Waals surface area contributed by atoms with Crippen molar-refractivity contribution in [3.8, 4) is 0 Å². The first-order chi connectivity index (χ1) is 9.97. The molecular weight excluding hydrogens is 297 g/mol. The maximum absolute atomic E-state index is 13.5. The molecule has 108 valence electrons. The van der Waals surface area contributed by atoms with Crippen LogP contribution in [0.5, 0.6) is 0 Å². The monoisotopic (exact) mass is 307 g/mol. The smallest absolute Gasteiger partial charge is 0.335 e. The Labute approximate surface area is 123 Å². The molecule has 0 fully saturated rings. The highest BCUT2D eigenvalue weighted by Crippen LogP contribution is 2.25. The minimum absolute atomic E-state index is 0.195. The van der Waals surface area contributed by atoms with Gasteiger partial charge in [0.15, 0.2) is 0 Å². The van der Waals surface area contributed by atoms with Gasteiger partial charge >= 0.3 is 11.7 Å². The van der Waals surface area contributed by atoms with Crippen molar-refractivity contribution in [2.45, 2.75) is 10.6 Å². The molecule has 0 aliphatic rings. The highest BCUT2D eigenvalue weighted by atomic mass is 32.2. The Morgan fingerprint density at radius 2 is 1.90 bits per heavy atom. The molecule has 7 heteroatoms. The van der Waals surface area contributed by atoms with E-state index in [1.807, 2.05) is 0 Å².